The van der Waals surface area contributed by atoms with Crippen molar-refractivity contribution in [3.8, 4) is 0 Å². The lowest BCUT2D eigenvalue weighted by Crippen LogP contribution is -2.49. The molecule has 1 spiro atoms. The van der Waals surface area contributed by atoms with Crippen molar-refractivity contribution in [2.24, 2.45) is 5.73 Å². The quantitative estimate of drug-likeness (QED) is 0.773. The van der Waals surface area contributed by atoms with Crippen LogP contribution in [0.2, 0.25) is 0 Å². The number of rotatable bonds is 1. The molecule has 0 aromatic carbocycles. The Morgan fingerprint density at radius 1 is 1.42 bits per heavy atom. The van der Waals surface area contributed by atoms with Gasteiger partial charge < -0.3 is 24.8 Å². The average Bonchev–Trinajstić information content (AvgIpc) is 2.71. The molecule has 2 fully saturated rings. The number of hydrogen-bond donors (Lipinski definition) is 1. The van der Waals surface area contributed by atoms with Gasteiger partial charge in [-0.15, -0.1) is 0 Å². The van der Waals surface area contributed by atoms with Crippen LogP contribution >= 0.6 is 0 Å². The first-order valence-corrected chi connectivity index (χ1v) is 6.83. The van der Waals surface area contributed by atoms with Crippen LogP contribution in [0.25, 0.3) is 0 Å². The number of nitrogens with zero attached hydrogens (tertiary/aromatic N) is 1. The fourth-order valence-electron chi connectivity index (χ4n) is 2.35. The van der Waals surface area contributed by atoms with E-state index in [-0.39, 0.29) is 12.2 Å². The monoisotopic (exact) mass is 272 g/mol. The second-order valence-electron chi connectivity index (χ2n) is 6.16. The summed E-state index contributed by atoms with van der Waals surface area (Å²) in [6.07, 6.45) is 1.05. The maximum absolute atomic E-state index is 11.9. The molecule has 2 N–H and O–H groups in total. The normalized spacial score (nSPS) is 26.7. The summed E-state index contributed by atoms with van der Waals surface area (Å²) in [6, 6.07) is 0. The first-order valence-electron chi connectivity index (χ1n) is 6.83. The molecule has 0 bridgehead atoms. The van der Waals surface area contributed by atoms with Crippen molar-refractivity contribution in [1.82, 2.24) is 4.90 Å². The highest BCUT2D eigenvalue weighted by Crippen LogP contribution is 2.34. The van der Waals surface area contributed by atoms with Crippen LogP contribution in [0.4, 0.5) is 4.79 Å². The Hall–Kier alpha value is -0.850. The molecule has 0 unspecified atom stereocenters. The first kappa shape index (κ1) is 14.6. The molecule has 6 heteroatoms. The summed E-state index contributed by atoms with van der Waals surface area (Å²) in [5.74, 6) is -0.539. The molecule has 19 heavy (non-hydrogen) atoms. The third-order valence-electron chi connectivity index (χ3n) is 3.35. The van der Waals surface area contributed by atoms with Crippen LogP contribution in [-0.4, -0.2) is 54.7 Å². The van der Waals surface area contributed by atoms with Crippen molar-refractivity contribution < 1.29 is 19.0 Å². The highest BCUT2D eigenvalue weighted by Gasteiger charge is 2.44. The van der Waals surface area contributed by atoms with Gasteiger partial charge in [0.1, 0.15) is 5.60 Å². The van der Waals surface area contributed by atoms with Crippen molar-refractivity contribution >= 4 is 6.09 Å². The van der Waals surface area contributed by atoms with Crippen LogP contribution in [0, 0.1) is 0 Å². The van der Waals surface area contributed by atoms with Crippen molar-refractivity contribution in [1.29, 1.82) is 0 Å². The summed E-state index contributed by atoms with van der Waals surface area (Å²) in [7, 11) is 0. The van der Waals surface area contributed by atoms with Crippen LogP contribution in [0.5, 0.6) is 0 Å². The zero-order chi connectivity index (χ0) is 14.1. The number of hydrogen-bond acceptors (Lipinski definition) is 5. The van der Waals surface area contributed by atoms with Gasteiger partial charge in [-0.1, -0.05) is 0 Å². The first-order chi connectivity index (χ1) is 8.84. The lowest BCUT2D eigenvalue weighted by Gasteiger charge is -2.38. The van der Waals surface area contributed by atoms with E-state index in [0.717, 1.165) is 0 Å². The highest BCUT2D eigenvalue weighted by atomic mass is 16.7. The second kappa shape index (κ2) is 5.26. The van der Waals surface area contributed by atoms with E-state index < -0.39 is 11.4 Å². The Morgan fingerprint density at radius 3 is 2.53 bits per heavy atom. The number of amides is 1. The van der Waals surface area contributed by atoms with E-state index in [0.29, 0.717) is 39.1 Å². The van der Waals surface area contributed by atoms with Crippen molar-refractivity contribution in [2.45, 2.75) is 51.1 Å². The maximum Gasteiger partial charge on any atom is 0.410 e. The van der Waals surface area contributed by atoms with Gasteiger partial charge in [0.25, 0.3) is 0 Å². The minimum atomic E-state index is -0.539. The predicted molar refractivity (Wildman–Crippen MR) is 69.7 cm³/mol. The number of likely N-dealkylation sites (tertiary alicyclic amines) is 1. The van der Waals surface area contributed by atoms with Crippen molar-refractivity contribution in [2.75, 3.05) is 26.2 Å². The lowest BCUT2D eigenvalue weighted by atomic mass is 10.0. The third kappa shape index (κ3) is 3.58. The summed E-state index contributed by atoms with van der Waals surface area (Å²) in [4.78, 5) is 13.6. The molecule has 2 saturated heterocycles. The molecule has 2 heterocycles. The Kier molecular flexibility index (Phi) is 4.03. The van der Waals surface area contributed by atoms with Gasteiger partial charge >= 0.3 is 6.09 Å². The Morgan fingerprint density at radius 2 is 2.05 bits per heavy atom. The van der Waals surface area contributed by atoms with Crippen molar-refractivity contribution in [3.63, 3.8) is 0 Å². The van der Waals surface area contributed by atoms with Crippen molar-refractivity contribution in [3.05, 3.63) is 0 Å². The lowest BCUT2D eigenvalue weighted by molar-refractivity contribution is -0.192. The van der Waals surface area contributed by atoms with E-state index in [9.17, 15) is 4.79 Å². The second-order valence-corrected chi connectivity index (χ2v) is 6.16. The van der Waals surface area contributed by atoms with Gasteiger partial charge in [0.05, 0.1) is 12.7 Å². The molecule has 1 amide bonds. The van der Waals surface area contributed by atoms with Crippen LogP contribution < -0.4 is 5.73 Å². The van der Waals surface area contributed by atoms with E-state index in [1.807, 2.05) is 20.8 Å². The molecule has 1 atom stereocenters. The van der Waals surface area contributed by atoms with E-state index >= 15 is 0 Å². The Balaban J connectivity index is 1.84. The number of carbonyl (C=O) groups is 1. The topological polar surface area (TPSA) is 74.0 Å². The zero-order valence-corrected chi connectivity index (χ0v) is 12.0. The predicted octanol–water partition coefficient (Wildman–Crippen LogP) is 1.09. The van der Waals surface area contributed by atoms with Crippen LogP contribution in [0.15, 0.2) is 0 Å². The number of carbonyl (C=O) groups excluding carboxylic acids is 1. The van der Waals surface area contributed by atoms with Gasteiger partial charge in [-0.05, 0) is 20.8 Å². The zero-order valence-electron chi connectivity index (χ0n) is 12.0. The van der Waals surface area contributed by atoms with Gasteiger partial charge in [-0.2, -0.15) is 0 Å². The third-order valence-corrected chi connectivity index (χ3v) is 3.35. The molecule has 0 aromatic rings. The van der Waals surface area contributed by atoms with E-state index in [4.69, 9.17) is 19.9 Å². The number of piperidine rings is 1. The average molecular weight is 272 g/mol. The largest absolute Gasteiger partial charge is 0.444 e. The van der Waals surface area contributed by atoms with Crippen LogP contribution in [0.1, 0.15) is 33.6 Å². The molecule has 0 saturated carbocycles. The van der Waals surface area contributed by atoms with E-state index in [1.165, 1.54) is 0 Å². The molecule has 2 rings (SSSR count). The van der Waals surface area contributed by atoms with Gasteiger partial charge in [0.2, 0.25) is 0 Å². The molecular weight excluding hydrogens is 248 g/mol. The minimum absolute atomic E-state index is 0.0203. The summed E-state index contributed by atoms with van der Waals surface area (Å²) >= 11 is 0. The SMILES string of the molecule is CC(C)(C)OC(=O)N1CCC2(CC1)OC[C@H](CN)O2. The minimum Gasteiger partial charge on any atom is -0.444 e. The van der Waals surface area contributed by atoms with Crippen LogP contribution in [-0.2, 0) is 14.2 Å². The molecule has 0 aromatic heterocycles. The molecular formula is C13H24N2O4. The van der Waals surface area contributed by atoms with Gasteiger partial charge in [0.15, 0.2) is 5.79 Å². The fourth-order valence-corrected chi connectivity index (χ4v) is 2.35. The smallest absolute Gasteiger partial charge is 0.410 e. The van der Waals surface area contributed by atoms with Crippen LogP contribution in [0.3, 0.4) is 0 Å². The molecule has 2 aliphatic heterocycles. The highest BCUT2D eigenvalue weighted by molar-refractivity contribution is 5.68. The Bertz CT molecular complexity index is 332. The maximum atomic E-state index is 11.9. The molecule has 110 valence electrons. The molecule has 6 nitrogen and oxygen atoms in total. The summed E-state index contributed by atoms with van der Waals surface area (Å²) in [6.45, 7) is 7.79. The van der Waals surface area contributed by atoms with Gasteiger partial charge in [-0.25, -0.2) is 4.79 Å². The summed E-state index contributed by atoms with van der Waals surface area (Å²) in [5.41, 5.74) is 5.12. The summed E-state index contributed by atoms with van der Waals surface area (Å²) < 4.78 is 16.9. The van der Waals surface area contributed by atoms with Gasteiger partial charge in [-0.3, -0.25) is 0 Å². The molecule has 2 aliphatic rings. The molecule has 0 aliphatic carbocycles. The standard InChI is InChI=1S/C13H24N2O4/c1-12(2,3)19-11(16)15-6-4-13(5-7-15)17-9-10(8-14)18-13/h10H,4-9,14H2,1-3H3/t10-/m0/s1. The van der Waals surface area contributed by atoms with E-state index in [2.05, 4.69) is 0 Å². The van der Waals surface area contributed by atoms with Gasteiger partial charge in [0, 0.05) is 32.5 Å². The Labute approximate surface area is 114 Å². The number of nitrogens with two attached hydrogens (primary N) is 1. The van der Waals surface area contributed by atoms with E-state index in [1.54, 1.807) is 4.90 Å². The summed E-state index contributed by atoms with van der Waals surface area (Å²) in [5, 5.41) is 0. The number of ether oxygens (including phenoxy) is 3. The molecule has 0 radical (unpaired) electrons. The fraction of sp³-hybridized carbons (Fsp3) is 0.923.